The van der Waals surface area contributed by atoms with E-state index in [1.807, 2.05) is 6.92 Å². The minimum absolute atomic E-state index is 0.121. The summed E-state index contributed by atoms with van der Waals surface area (Å²) in [6.45, 7) is 3.68. The maximum Gasteiger partial charge on any atom is 0.131 e. The molecule has 0 amide bonds. The van der Waals surface area contributed by atoms with Crippen LogP contribution in [0.25, 0.3) is 0 Å². The lowest BCUT2D eigenvalue weighted by molar-refractivity contribution is 0.106. The number of nitrogens with two attached hydrogens (primary N) is 1. The Labute approximate surface area is 94.1 Å². The van der Waals surface area contributed by atoms with Crippen molar-refractivity contribution >= 4 is 0 Å². The molecule has 0 spiro atoms. The second-order valence-electron chi connectivity index (χ2n) is 3.97. The fourth-order valence-corrected chi connectivity index (χ4v) is 1.68. The summed E-state index contributed by atoms with van der Waals surface area (Å²) in [5, 5.41) is 9.93. The maximum atomic E-state index is 13.5. The average Bonchev–Trinajstić information content (AvgIpc) is 2.25. The van der Waals surface area contributed by atoms with Crippen LogP contribution in [0.1, 0.15) is 30.6 Å². The molecule has 2 atom stereocenters. The van der Waals surface area contributed by atoms with Crippen LogP contribution < -0.4 is 5.73 Å². The summed E-state index contributed by atoms with van der Waals surface area (Å²) < 4.78 is 26.5. The molecule has 0 heterocycles. The Bertz CT molecular complexity index is 364. The Balaban J connectivity index is 3.07. The molecule has 1 aromatic carbocycles. The molecule has 1 aromatic rings. The van der Waals surface area contributed by atoms with Crippen LogP contribution in [0.2, 0.25) is 0 Å². The lowest BCUT2D eigenvalue weighted by Gasteiger charge is -2.21. The smallest absolute Gasteiger partial charge is 0.131 e. The summed E-state index contributed by atoms with van der Waals surface area (Å²) in [5.41, 5.74) is 5.93. The topological polar surface area (TPSA) is 46.2 Å². The first-order chi connectivity index (χ1) is 7.51. The van der Waals surface area contributed by atoms with Crippen molar-refractivity contribution in [2.45, 2.75) is 26.4 Å². The Morgan fingerprint density at radius 2 is 1.94 bits per heavy atom. The zero-order chi connectivity index (χ0) is 12.3. The molecule has 1 rings (SSSR count). The molecular formula is C12H17F2NO. The van der Waals surface area contributed by atoms with E-state index in [2.05, 4.69) is 0 Å². The van der Waals surface area contributed by atoms with Crippen molar-refractivity contribution in [3.05, 3.63) is 34.9 Å². The van der Waals surface area contributed by atoms with Crippen LogP contribution in [0, 0.1) is 24.5 Å². The first-order valence-electron chi connectivity index (χ1n) is 5.34. The van der Waals surface area contributed by atoms with Crippen LogP contribution in [-0.4, -0.2) is 11.7 Å². The average molecular weight is 229 g/mol. The van der Waals surface area contributed by atoms with Gasteiger partial charge in [-0.25, -0.2) is 8.78 Å². The summed E-state index contributed by atoms with van der Waals surface area (Å²) in [4.78, 5) is 0. The van der Waals surface area contributed by atoms with E-state index >= 15 is 0 Å². The maximum absolute atomic E-state index is 13.5. The van der Waals surface area contributed by atoms with Crippen LogP contribution in [-0.2, 0) is 0 Å². The fourth-order valence-electron chi connectivity index (χ4n) is 1.68. The molecule has 0 aromatic heterocycles. The van der Waals surface area contributed by atoms with Crippen LogP contribution >= 0.6 is 0 Å². The number of hydrogen-bond donors (Lipinski definition) is 2. The van der Waals surface area contributed by atoms with Crippen molar-refractivity contribution < 1.29 is 13.9 Å². The number of benzene rings is 1. The third-order valence-electron chi connectivity index (χ3n) is 2.87. The molecule has 0 radical (unpaired) electrons. The SMILES string of the molecule is CCC(CN)C(O)c1cc(C)c(F)cc1F. The van der Waals surface area contributed by atoms with Gasteiger partial charge in [-0.1, -0.05) is 6.92 Å². The van der Waals surface area contributed by atoms with E-state index in [0.29, 0.717) is 12.0 Å². The first kappa shape index (κ1) is 13.1. The highest BCUT2D eigenvalue weighted by atomic mass is 19.1. The number of aliphatic hydroxyl groups excluding tert-OH is 1. The van der Waals surface area contributed by atoms with Gasteiger partial charge >= 0.3 is 0 Å². The van der Waals surface area contributed by atoms with Crippen LogP contribution in [0.3, 0.4) is 0 Å². The van der Waals surface area contributed by atoms with E-state index in [-0.39, 0.29) is 18.0 Å². The normalized spacial score (nSPS) is 14.9. The van der Waals surface area contributed by atoms with Gasteiger partial charge in [0.25, 0.3) is 0 Å². The number of halogens is 2. The van der Waals surface area contributed by atoms with Gasteiger partial charge in [-0.05, 0) is 31.5 Å². The van der Waals surface area contributed by atoms with Crippen molar-refractivity contribution in [3.8, 4) is 0 Å². The van der Waals surface area contributed by atoms with Crippen molar-refractivity contribution in [2.75, 3.05) is 6.54 Å². The van der Waals surface area contributed by atoms with Crippen LogP contribution in [0.15, 0.2) is 12.1 Å². The molecule has 0 aliphatic rings. The Hall–Kier alpha value is -1.00. The highest BCUT2D eigenvalue weighted by Gasteiger charge is 2.22. The van der Waals surface area contributed by atoms with Gasteiger partial charge in [0.05, 0.1) is 6.10 Å². The van der Waals surface area contributed by atoms with Gasteiger partial charge in [0, 0.05) is 17.5 Å². The third-order valence-corrected chi connectivity index (χ3v) is 2.87. The van der Waals surface area contributed by atoms with E-state index in [9.17, 15) is 13.9 Å². The molecule has 0 aliphatic heterocycles. The Kier molecular flexibility index (Phi) is 4.38. The largest absolute Gasteiger partial charge is 0.388 e. The summed E-state index contributed by atoms with van der Waals surface area (Å²) in [6, 6.07) is 2.14. The van der Waals surface area contributed by atoms with Crippen molar-refractivity contribution in [2.24, 2.45) is 11.7 Å². The van der Waals surface area contributed by atoms with Gasteiger partial charge in [-0.3, -0.25) is 0 Å². The standard InChI is InChI=1S/C12H17F2NO/c1-3-8(6-15)12(16)9-4-7(2)10(13)5-11(9)14/h4-5,8,12,16H,3,6,15H2,1-2H3. The van der Waals surface area contributed by atoms with Gasteiger partial charge < -0.3 is 10.8 Å². The summed E-state index contributed by atoms with van der Waals surface area (Å²) >= 11 is 0. The second kappa shape index (κ2) is 5.37. The number of aliphatic hydroxyl groups is 1. The predicted octanol–water partition coefficient (Wildman–Crippen LogP) is 2.29. The first-order valence-corrected chi connectivity index (χ1v) is 5.34. The molecule has 3 N–H and O–H groups in total. The summed E-state index contributed by atoms with van der Waals surface area (Å²) in [7, 11) is 0. The highest BCUT2D eigenvalue weighted by molar-refractivity contribution is 5.27. The summed E-state index contributed by atoms with van der Waals surface area (Å²) in [6.07, 6.45) is -0.331. The molecule has 0 fully saturated rings. The lowest BCUT2D eigenvalue weighted by atomic mass is 9.92. The number of hydrogen-bond acceptors (Lipinski definition) is 2. The van der Waals surface area contributed by atoms with Gasteiger partial charge in [0.15, 0.2) is 0 Å². The molecule has 2 unspecified atom stereocenters. The number of rotatable bonds is 4. The molecule has 4 heteroatoms. The van der Waals surface area contributed by atoms with Crippen LogP contribution in [0.5, 0.6) is 0 Å². The Morgan fingerprint density at radius 1 is 1.31 bits per heavy atom. The molecule has 0 aliphatic carbocycles. The molecule has 0 saturated carbocycles. The van der Waals surface area contributed by atoms with E-state index in [4.69, 9.17) is 5.73 Å². The minimum atomic E-state index is -0.978. The lowest BCUT2D eigenvalue weighted by Crippen LogP contribution is -2.22. The molecule has 0 bridgehead atoms. The quantitative estimate of drug-likeness (QED) is 0.832. The predicted molar refractivity (Wildman–Crippen MR) is 58.9 cm³/mol. The van der Waals surface area contributed by atoms with E-state index in [1.165, 1.54) is 13.0 Å². The van der Waals surface area contributed by atoms with E-state index in [0.717, 1.165) is 6.07 Å². The van der Waals surface area contributed by atoms with Crippen LogP contribution in [0.4, 0.5) is 8.78 Å². The number of aryl methyl sites for hydroxylation is 1. The van der Waals surface area contributed by atoms with Gasteiger partial charge in [0.1, 0.15) is 11.6 Å². The zero-order valence-corrected chi connectivity index (χ0v) is 9.50. The molecule has 16 heavy (non-hydrogen) atoms. The van der Waals surface area contributed by atoms with Crippen molar-refractivity contribution in [3.63, 3.8) is 0 Å². The molecule has 0 saturated heterocycles. The fraction of sp³-hybridized carbons (Fsp3) is 0.500. The van der Waals surface area contributed by atoms with Gasteiger partial charge in [-0.2, -0.15) is 0 Å². The third kappa shape index (κ3) is 2.57. The van der Waals surface area contributed by atoms with E-state index < -0.39 is 17.7 Å². The molecular weight excluding hydrogens is 212 g/mol. The monoisotopic (exact) mass is 229 g/mol. The van der Waals surface area contributed by atoms with E-state index in [1.54, 1.807) is 0 Å². The molecule has 90 valence electrons. The van der Waals surface area contributed by atoms with Crippen molar-refractivity contribution in [1.29, 1.82) is 0 Å². The minimum Gasteiger partial charge on any atom is -0.388 e. The van der Waals surface area contributed by atoms with Crippen molar-refractivity contribution in [1.82, 2.24) is 0 Å². The van der Waals surface area contributed by atoms with Gasteiger partial charge in [-0.15, -0.1) is 0 Å². The summed E-state index contributed by atoms with van der Waals surface area (Å²) in [5.74, 6) is -1.53. The Morgan fingerprint density at radius 3 is 2.44 bits per heavy atom. The second-order valence-corrected chi connectivity index (χ2v) is 3.97. The zero-order valence-electron chi connectivity index (χ0n) is 9.50. The molecule has 2 nitrogen and oxygen atoms in total. The highest BCUT2D eigenvalue weighted by Crippen LogP contribution is 2.27. The van der Waals surface area contributed by atoms with Gasteiger partial charge in [0.2, 0.25) is 0 Å².